The third-order valence-corrected chi connectivity index (χ3v) is 12.8. The van der Waals surface area contributed by atoms with E-state index in [-0.39, 0.29) is 16.7 Å². The van der Waals surface area contributed by atoms with Crippen LogP contribution in [0.25, 0.3) is 0 Å². The molecule has 1 N–H and O–H groups in total. The van der Waals surface area contributed by atoms with Crippen molar-refractivity contribution in [3.63, 3.8) is 0 Å². The number of aryl methyl sites for hydroxylation is 1. The number of ether oxygens (including phenoxy) is 1. The molecule has 214 valence electrons. The van der Waals surface area contributed by atoms with Crippen LogP contribution >= 0.6 is 0 Å². The first-order valence-electron chi connectivity index (χ1n) is 14.2. The molecule has 0 bridgehead atoms. The van der Waals surface area contributed by atoms with Crippen LogP contribution in [0.15, 0.2) is 107 Å². The van der Waals surface area contributed by atoms with E-state index in [2.05, 4.69) is 91.3 Å². The van der Waals surface area contributed by atoms with E-state index in [0.29, 0.717) is 31.8 Å². The lowest BCUT2D eigenvalue weighted by molar-refractivity contribution is -0.136. The Balaban J connectivity index is 1.50. The van der Waals surface area contributed by atoms with Crippen LogP contribution in [0.2, 0.25) is 5.04 Å². The number of benzene rings is 3. The highest BCUT2D eigenvalue weighted by molar-refractivity contribution is 6.99. The van der Waals surface area contributed by atoms with E-state index >= 15 is 0 Å². The van der Waals surface area contributed by atoms with Crippen LogP contribution in [-0.2, 0) is 15.7 Å². The van der Waals surface area contributed by atoms with Crippen LogP contribution in [0.3, 0.4) is 0 Å². The predicted molar refractivity (Wildman–Crippen MR) is 165 cm³/mol. The molecule has 1 aliphatic rings. The van der Waals surface area contributed by atoms with Crippen LogP contribution in [-0.4, -0.2) is 48.6 Å². The van der Waals surface area contributed by atoms with Gasteiger partial charge in [-0.1, -0.05) is 112 Å². The summed E-state index contributed by atoms with van der Waals surface area (Å²) >= 11 is 0. The maximum absolute atomic E-state index is 12.9. The van der Waals surface area contributed by atoms with Gasteiger partial charge in [0.2, 0.25) is 0 Å². The number of hydrogen-bond donors (Lipinski definition) is 1. The van der Waals surface area contributed by atoms with Crippen molar-refractivity contribution in [3.8, 4) is 0 Å². The fourth-order valence-electron chi connectivity index (χ4n) is 5.89. The lowest BCUT2D eigenvalue weighted by atomic mass is 10.2. The van der Waals surface area contributed by atoms with Gasteiger partial charge in [-0.25, -0.2) is 4.79 Å². The summed E-state index contributed by atoms with van der Waals surface area (Å²) in [4.78, 5) is 29.7. The highest BCUT2D eigenvalue weighted by atomic mass is 28.4. The van der Waals surface area contributed by atoms with E-state index in [0.717, 1.165) is 0 Å². The van der Waals surface area contributed by atoms with Crippen molar-refractivity contribution in [3.05, 3.63) is 129 Å². The van der Waals surface area contributed by atoms with Gasteiger partial charge in [0.05, 0.1) is 12.7 Å². The fourth-order valence-corrected chi connectivity index (χ4v) is 10.5. The summed E-state index contributed by atoms with van der Waals surface area (Å²) in [5.41, 5.74) is 0.798. The molecule has 7 nitrogen and oxygen atoms in total. The second-order valence-electron chi connectivity index (χ2n) is 11.8. The standard InChI is InChI=1S/C33H39N3O4Si/c1-25-20-36(32(38)34-31(25)37)30-23-35(21-26-14-8-5-9-15-26)22-27(40-30)24-39-41(33(2,3)4,28-16-10-6-11-17-28)29-18-12-7-13-19-29/h5-20,27,30H,21-24H2,1-4H3,(H,34,37,38). The van der Waals surface area contributed by atoms with Crippen LogP contribution in [0.4, 0.5) is 0 Å². The monoisotopic (exact) mass is 569 g/mol. The minimum Gasteiger partial charge on any atom is -0.405 e. The Morgan fingerprint density at radius 1 is 0.878 bits per heavy atom. The average molecular weight is 570 g/mol. The molecular weight excluding hydrogens is 530 g/mol. The molecule has 1 aromatic heterocycles. The van der Waals surface area contributed by atoms with Gasteiger partial charge >= 0.3 is 5.69 Å². The summed E-state index contributed by atoms with van der Waals surface area (Å²) in [6.45, 7) is 10.7. The summed E-state index contributed by atoms with van der Waals surface area (Å²) in [7, 11) is -2.77. The summed E-state index contributed by atoms with van der Waals surface area (Å²) in [6, 6.07) is 31.4. The maximum Gasteiger partial charge on any atom is 0.330 e. The van der Waals surface area contributed by atoms with E-state index in [4.69, 9.17) is 9.16 Å². The number of hydrogen-bond acceptors (Lipinski definition) is 5. The molecule has 3 aromatic carbocycles. The zero-order valence-electron chi connectivity index (χ0n) is 24.2. The van der Waals surface area contributed by atoms with Crippen LogP contribution < -0.4 is 21.6 Å². The summed E-state index contributed by atoms with van der Waals surface area (Å²) in [6.07, 6.45) is 0.735. The molecule has 1 fully saturated rings. The molecule has 8 heteroatoms. The number of aromatic amines is 1. The van der Waals surface area contributed by atoms with Crippen LogP contribution in [0, 0.1) is 6.92 Å². The normalized spacial score (nSPS) is 18.3. The van der Waals surface area contributed by atoms with E-state index in [9.17, 15) is 9.59 Å². The molecule has 0 aliphatic carbocycles. The Kier molecular flexibility index (Phi) is 8.56. The predicted octanol–water partition coefficient (Wildman–Crippen LogP) is 3.82. The van der Waals surface area contributed by atoms with Crippen molar-refractivity contribution < 1.29 is 9.16 Å². The number of nitrogens with one attached hydrogen (secondary N) is 1. The Labute approximate surface area is 242 Å². The highest BCUT2D eigenvalue weighted by Gasteiger charge is 2.50. The van der Waals surface area contributed by atoms with Crippen molar-refractivity contribution >= 4 is 18.7 Å². The Hall–Kier alpha value is -3.56. The van der Waals surface area contributed by atoms with Gasteiger partial charge in [-0.3, -0.25) is 19.2 Å². The molecule has 2 heterocycles. The fraction of sp³-hybridized carbons (Fsp3) is 0.333. The first-order chi connectivity index (χ1) is 19.7. The Bertz CT molecular complexity index is 1510. The number of morpholine rings is 1. The first-order valence-corrected chi connectivity index (χ1v) is 16.1. The molecule has 2 atom stereocenters. The van der Waals surface area contributed by atoms with Gasteiger partial charge in [-0.2, -0.15) is 0 Å². The van der Waals surface area contributed by atoms with Crippen LogP contribution in [0.1, 0.15) is 38.1 Å². The maximum atomic E-state index is 12.9. The Morgan fingerprint density at radius 3 is 2.00 bits per heavy atom. The minimum atomic E-state index is -2.77. The molecule has 41 heavy (non-hydrogen) atoms. The van der Waals surface area contributed by atoms with Crippen molar-refractivity contribution in [2.45, 2.75) is 51.6 Å². The first kappa shape index (κ1) is 28.9. The lowest BCUT2D eigenvalue weighted by Gasteiger charge is -2.45. The van der Waals surface area contributed by atoms with E-state index in [1.807, 2.05) is 30.3 Å². The van der Waals surface area contributed by atoms with Crippen molar-refractivity contribution in [2.24, 2.45) is 0 Å². The van der Waals surface area contributed by atoms with Gasteiger partial charge in [0.1, 0.15) is 0 Å². The van der Waals surface area contributed by atoms with E-state index < -0.39 is 20.2 Å². The third kappa shape index (κ3) is 6.21. The number of H-pyrrole nitrogens is 1. The SMILES string of the molecule is Cc1cn(C2CN(Cc3ccccc3)CC(CO[Si](c3ccccc3)(c3ccccc3)C(C)(C)C)O2)c(=O)[nH]c1=O. The van der Waals surface area contributed by atoms with Crippen molar-refractivity contribution in [2.75, 3.05) is 19.7 Å². The van der Waals surface area contributed by atoms with Gasteiger partial charge in [-0.05, 0) is 27.9 Å². The largest absolute Gasteiger partial charge is 0.405 e. The molecule has 0 amide bonds. The third-order valence-electron chi connectivity index (χ3n) is 7.83. The van der Waals surface area contributed by atoms with Crippen molar-refractivity contribution in [1.82, 2.24) is 14.5 Å². The lowest BCUT2D eigenvalue weighted by Crippen LogP contribution is -2.67. The average Bonchev–Trinajstić information content (AvgIpc) is 2.96. The van der Waals surface area contributed by atoms with Gasteiger partial charge in [-0.15, -0.1) is 0 Å². The molecule has 2 unspecified atom stereocenters. The van der Waals surface area contributed by atoms with E-state index in [1.165, 1.54) is 20.5 Å². The molecule has 1 aliphatic heterocycles. The molecular formula is C33H39N3O4Si. The minimum absolute atomic E-state index is 0.166. The van der Waals surface area contributed by atoms with E-state index in [1.54, 1.807) is 13.1 Å². The van der Waals surface area contributed by atoms with Gasteiger partial charge in [0, 0.05) is 31.4 Å². The zero-order valence-corrected chi connectivity index (χ0v) is 25.2. The molecule has 1 saturated heterocycles. The summed E-state index contributed by atoms with van der Waals surface area (Å²) in [5, 5.41) is 2.25. The number of nitrogens with zero attached hydrogens (tertiary/aromatic N) is 2. The van der Waals surface area contributed by atoms with Gasteiger partial charge < -0.3 is 9.16 Å². The highest BCUT2D eigenvalue weighted by Crippen LogP contribution is 2.37. The molecule has 5 rings (SSSR count). The summed E-state index contributed by atoms with van der Waals surface area (Å²) in [5.74, 6) is 0. The van der Waals surface area contributed by atoms with Gasteiger partial charge in [0.25, 0.3) is 13.9 Å². The second-order valence-corrected chi connectivity index (χ2v) is 16.2. The Morgan fingerprint density at radius 2 is 1.44 bits per heavy atom. The second kappa shape index (κ2) is 12.1. The van der Waals surface area contributed by atoms with Crippen LogP contribution in [0.5, 0.6) is 0 Å². The quantitative estimate of drug-likeness (QED) is 0.327. The van der Waals surface area contributed by atoms with Gasteiger partial charge in [0.15, 0.2) is 6.23 Å². The molecule has 0 saturated carbocycles. The molecule has 4 aromatic rings. The number of rotatable bonds is 8. The number of aromatic nitrogens is 2. The summed E-state index contributed by atoms with van der Waals surface area (Å²) < 4.78 is 15.3. The smallest absolute Gasteiger partial charge is 0.330 e. The molecule has 0 spiro atoms. The van der Waals surface area contributed by atoms with Crippen molar-refractivity contribution in [1.29, 1.82) is 0 Å². The topological polar surface area (TPSA) is 76.6 Å². The zero-order chi connectivity index (χ0) is 29.0. The molecule has 0 radical (unpaired) electrons.